The number of hydrogen-bond donors (Lipinski definition) is 0. The minimum atomic E-state index is 0.586. The summed E-state index contributed by atoms with van der Waals surface area (Å²) in [6, 6.07) is 33.3. The molecule has 5 aromatic rings. The van der Waals surface area contributed by atoms with Crippen LogP contribution in [-0.4, -0.2) is 0 Å². The Balaban J connectivity index is 0.000000718. The van der Waals surface area contributed by atoms with Gasteiger partial charge in [0.1, 0.15) is 0 Å². The normalized spacial score (nSPS) is 10.4. The van der Waals surface area contributed by atoms with Gasteiger partial charge in [-0.15, -0.1) is 0 Å². The molecular weight excluding hydrogens is 908 g/mol. The molecule has 0 nitrogen and oxygen atoms in total. The van der Waals surface area contributed by atoms with E-state index in [1.165, 1.54) is 17.5 Å². The SMILES string of the molecule is CC.CC(C)Cc1c(Cl)cccc1Cl.CC(C)Cc1cc(Cl)ccc1Cl.CC(C)Cc1ccc(Cl)cc1Cl.CC(C)Cc1cccc(Cl)c1Cl.CC(C)Cc1ccccc1. The van der Waals surface area contributed by atoms with Crippen molar-refractivity contribution in [2.45, 2.75) is 115 Å². The second kappa shape index (κ2) is 33.0. The summed E-state index contributed by atoms with van der Waals surface area (Å²) < 4.78 is 0. The number of benzene rings is 5. The highest BCUT2D eigenvalue weighted by Crippen LogP contribution is 2.28. The van der Waals surface area contributed by atoms with Gasteiger partial charge in [0.15, 0.2) is 0 Å². The Labute approximate surface area is 405 Å². The van der Waals surface area contributed by atoms with E-state index in [9.17, 15) is 0 Å². The first-order chi connectivity index (χ1) is 28.2. The van der Waals surface area contributed by atoms with Gasteiger partial charge in [0.05, 0.1) is 10.0 Å². The van der Waals surface area contributed by atoms with Crippen molar-refractivity contribution in [2.24, 2.45) is 29.6 Å². The lowest BCUT2D eigenvalue weighted by molar-refractivity contribution is 0.647. The van der Waals surface area contributed by atoms with Crippen LogP contribution in [0.25, 0.3) is 0 Å². The van der Waals surface area contributed by atoms with Crippen LogP contribution in [0, 0.1) is 29.6 Å². The van der Waals surface area contributed by atoms with E-state index >= 15 is 0 Å². The molecule has 0 bridgehead atoms. The minimum absolute atomic E-state index is 0.586. The summed E-state index contributed by atoms with van der Waals surface area (Å²) in [7, 11) is 0. The van der Waals surface area contributed by atoms with E-state index in [-0.39, 0.29) is 0 Å². The summed E-state index contributed by atoms with van der Waals surface area (Å²) in [6.45, 7) is 25.8. The van der Waals surface area contributed by atoms with Crippen LogP contribution in [-0.2, 0) is 32.1 Å². The molecule has 0 N–H and O–H groups in total. The smallest absolute Gasteiger partial charge is 0.0624 e. The summed E-state index contributed by atoms with van der Waals surface area (Å²) in [5.74, 6) is 3.20. The predicted molar refractivity (Wildman–Crippen MR) is 276 cm³/mol. The van der Waals surface area contributed by atoms with Crippen LogP contribution >= 0.6 is 92.8 Å². The van der Waals surface area contributed by atoms with Crippen molar-refractivity contribution in [2.75, 3.05) is 0 Å². The zero-order valence-corrected chi connectivity index (χ0v) is 43.8. The predicted octanol–water partition coefficient (Wildman–Crippen LogP) is 20.7. The maximum absolute atomic E-state index is 6.01. The standard InChI is InChI=1S/4C10H12Cl2.C10H14.C2H6/c1-7(2)5-8-6-9(11)3-4-10(8)12;1-7(2)5-8-3-4-9(11)6-10(8)12;1-7(2)6-8-9(11)4-3-5-10(8)12;1-7(2)6-8-4-3-5-9(11)10(8)12;1-9(2)8-10-6-4-3-5-7-10;1-2/h2*3-4,6-7H,5H2,1-2H3;2*3-5,7H,6H2,1-2H3;3-7,9H,8H2,1-2H3;1-2H3. The van der Waals surface area contributed by atoms with E-state index in [0.717, 1.165) is 73.4 Å². The molecule has 8 heteroatoms. The molecule has 0 aliphatic heterocycles. The molecule has 5 aromatic carbocycles. The van der Waals surface area contributed by atoms with Gasteiger partial charge in [-0.25, -0.2) is 0 Å². The molecule has 332 valence electrons. The molecule has 5 rings (SSSR count). The van der Waals surface area contributed by atoms with Crippen LogP contribution in [0.3, 0.4) is 0 Å². The molecule has 0 radical (unpaired) electrons. The van der Waals surface area contributed by atoms with Gasteiger partial charge in [-0.1, -0.05) is 230 Å². The topological polar surface area (TPSA) is 0 Å². The van der Waals surface area contributed by atoms with Crippen molar-refractivity contribution in [3.63, 3.8) is 0 Å². The Morgan fingerprint density at radius 3 is 1.27 bits per heavy atom. The molecule has 0 spiro atoms. The van der Waals surface area contributed by atoms with Gasteiger partial charge in [0.25, 0.3) is 0 Å². The van der Waals surface area contributed by atoms with E-state index in [1.54, 1.807) is 6.07 Å². The van der Waals surface area contributed by atoms with Gasteiger partial charge in [-0.2, -0.15) is 0 Å². The van der Waals surface area contributed by atoms with Gasteiger partial charge < -0.3 is 0 Å². The summed E-state index contributed by atoms with van der Waals surface area (Å²) in [5, 5.41) is 5.95. The Kier molecular flexibility index (Phi) is 32.1. The third-order valence-electron chi connectivity index (χ3n) is 8.10. The molecule has 0 heterocycles. The average molecular weight is 977 g/mol. The van der Waals surface area contributed by atoms with Gasteiger partial charge in [0, 0.05) is 30.1 Å². The summed E-state index contributed by atoms with van der Waals surface area (Å²) >= 11 is 47.4. The number of hydrogen-bond acceptors (Lipinski definition) is 0. The Morgan fingerprint density at radius 2 is 0.767 bits per heavy atom. The monoisotopic (exact) mass is 972 g/mol. The second-order valence-electron chi connectivity index (χ2n) is 16.4. The molecule has 0 saturated heterocycles. The minimum Gasteiger partial charge on any atom is -0.0843 e. The number of halogens is 8. The Bertz CT molecular complexity index is 1850. The lowest BCUT2D eigenvalue weighted by atomic mass is 10.0. The molecule has 0 fully saturated rings. The van der Waals surface area contributed by atoms with Crippen molar-refractivity contribution < 1.29 is 0 Å². The zero-order chi connectivity index (χ0) is 45.9. The molecule has 0 amide bonds. The fourth-order valence-electron chi connectivity index (χ4n) is 5.63. The number of rotatable bonds is 10. The third kappa shape index (κ3) is 26.8. The lowest BCUT2D eigenvalue weighted by Gasteiger charge is -2.08. The lowest BCUT2D eigenvalue weighted by Crippen LogP contribution is -1.95. The third-order valence-corrected chi connectivity index (χ3v) is 10.9. The molecule has 0 aromatic heterocycles. The average Bonchev–Trinajstić information content (AvgIpc) is 3.16. The van der Waals surface area contributed by atoms with Crippen LogP contribution in [0.5, 0.6) is 0 Å². The van der Waals surface area contributed by atoms with E-state index in [1.807, 2.05) is 80.6 Å². The highest BCUT2D eigenvalue weighted by Gasteiger charge is 2.08. The largest absolute Gasteiger partial charge is 0.0843 e. The van der Waals surface area contributed by atoms with Crippen LogP contribution in [0.15, 0.2) is 103 Å². The first kappa shape index (κ1) is 58.4. The van der Waals surface area contributed by atoms with Crippen molar-refractivity contribution >= 4 is 92.8 Å². The van der Waals surface area contributed by atoms with Gasteiger partial charge in [0.2, 0.25) is 0 Å². The van der Waals surface area contributed by atoms with Crippen LogP contribution < -0.4 is 0 Å². The first-order valence-corrected chi connectivity index (χ1v) is 24.0. The molecule has 0 unspecified atom stereocenters. The van der Waals surface area contributed by atoms with E-state index < -0.39 is 0 Å². The maximum atomic E-state index is 6.01. The van der Waals surface area contributed by atoms with Crippen molar-refractivity contribution in [3.05, 3.63) is 171 Å². The molecule has 0 aliphatic carbocycles. The van der Waals surface area contributed by atoms with Gasteiger partial charge in [-0.3, -0.25) is 0 Å². The fraction of sp³-hybridized carbons (Fsp3) is 0.423. The quantitative estimate of drug-likeness (QED) is 0.131. The van der Waals surface area contributed by atoms with E-state index in [0.29, 0.717) is 38.7 Å². The van der Waals surface area contributed by atoms with Crippen molar-refractivity contribution in [1.29, 1.82) is 0 Å². The Hall–Kier alpha value is -1.58. The summed E-state index contributed by atoms with van der Waals surface area (Å²) in [4.78, 5) is 0. The highest BCUT2D eigenvalue weighted by molar-refractivity contribution is 6.42. The fourth-order valence-corrected chi connectivity index (χ4v) is 7.46. The maximum Gasteiger partial charge on any atom is 0.0624 e. The van der Waals surface area contributed by atoms with E-state index in [4.69, 9.17) is 92.8 Å². The van der Waals surface area contributed by atoms with Crippen LogP contribution in [0.4, 0.5) is 0 Å². The second-order valence-corrected chi connectivity index (χ2v) is 19.6. The van der Waals surface area contributed by atoms with Crippen LogP contribution in [0.1, 0.15) is 111 Å². The summed E-state index contributed by atoms with van der Waals surface area (Å²) in [5.41, 5.74) is 5.96. The molecule has 60 heavy (non-hydrogen) atoms. The summed E-state index contributed by atoms with van der Waals surface area (Å²) in [6.07, 6.45) is 5.12. The van der Waals surface area contributed by atoms with Crippen molar-refractivity contribution in [3.8, 4) is 0 Å². The van der Waals surface area contributed by atoms with Crippen molar-refractivity contribution in [1.82, 2.24) is 0 Å². The molecular formula is C52H68Cl8. The van der Waals surface area contributed by atoms with Gasteiger partial charge >= 0.3 is 0 Å². The molecule has 0 saturated carbocycles. The zero-order valence-electron chi connectivity index (χ0n) is 37.8. The first-order valence-electron chi connectivity index (χ1n) is 21.0. The highest BCUT2D eigenvalue weighted by atomic mass is 35.5. The van der Waals surface area contributed by atoms with Crippen LogP contribution in [0.2, 0.25) is 40.2 Å². The molecule has 0 atom stereocenters. The Morgan fingerprint density at radius 1 is 0.333 bits per heavy atom. The van der Waals surface area contributed by atoms with E-state index in [2.05, 4.69) is 99.6 Å². The molecule has 0 aliphatic rings. The van der Waals surface area contributed by atoms with Gasteiger partial charge in [-0.05, 0) is 138 Å².